The van der Waals surface area contributed by atoms with E-state index in [4.69, 9.17) is 4.74 Å². The minimum atomic E-state index is -0.535. The molecule has 1 amide bonds. The third kappa shape index (κ3) is 6.42. The average molecular weight is 422 g/mol. The molecule has 1 aromatic heterocycles. The lowest BCUT2D eigenvalue weighted by molar-refractivity contribution is -0.115. The van der Waals surface area contributed by atoms with E-state index in [2.05, 4.69) is 15.3 Å². The zero-order valence-corrected chi connectivity index (χ0v) is 17.6. The summed E-state index contributed by atoms with van der Waals surface area (Å²) in [5.74, 6) is 0.764. The molecule has 0 saturated heterocycles. The summed E-state index contributed by atoms with van der Waals surface area (Å²) >= 11 is 2.82. The number of aromatic nitrogens is 2. The second kappa shape index (κ2) is 10.9. The number of aromatic amines is 1. The van der Waals surface area contributed by atoms with Gasteiger partial charge in [-0.1, -0.05) is 30.8 Å². The highest BCUT2D eigenvalue weighted by atomic mass is 32.2. The van der Waals surface area contributed by atoms with Gasteiger partial charge in [-0.05, 0) is 31.7 Å². The number of anilines is 1. The molecule has 0 spiro atoms. The molecule has 0 radical (unpaired) electrons. The van der Waals surface area contributed by atoms with Crippen molar-refractivity contribution < 1.29 is 14.3 Å². The highest BCUT2D eigenvalue weighted by Gasteiger charge is 2.19. The molecule has 150 valence electrons. The average Bonchev–Trinajstić information content (AvgIpc) is 2.66. The van der Waals surface area contributed by atoms with Crippen molar-refractivity contribution in [2.24, 2.45) is 0 Å². The zero-order valence-electron chi connectivity index (χ0n) is 16.0. The number of amides is 1. The van der Waals surface area contributed by atoms with Crippen molar-refractivity contribution in [2.75, 3.05) is 17.7 Å². The molecule has 28 heavy (non-hydrogen) atoms. The highest BCUT2D eigenvalue weighted by molar-refractivity contribution is 8.00. The fourth-order valence-corrected chi connectivity index (χ4v) is 3.65. The molecular formula is C19H23N3O4S2. The molecule has 1 unspecified atom stereocenters. The van der Waals surface area contributed by atoms with Gasteiger partial charge in [-0.25, -0.2) is 9.78 Å². The first-order valence-corrected chi connectivity index (χ1v) is 10.9. The van der Waals surface area contributed by atoms with Gasteiger partial charge < -0.3 is 15.0 Å². The number of thioether (sulfide) groups is 2. The zero-order chi connectivity index (χ0) is 20.5. The second-order valence-electron chi connectivity index (χ2n) is 5.69. The molecule has 0 aliphatic rings. The summed E-state index contributed by atoms with van der Waals surface area (Å²) in [7, 11) is 0. The van der Waals surface area contributed by atoms with E-state index in [1.807, 2.05) is 6.92 Å². The maximum atomic E-state index is 12.6. The minimum absolute atomic E-state index is 0.246. The first-order chi connectivity index (χ1) is 13.4. The van der Waals surface area contributed by atoms with Gasteiger partial charge in [-0.15, -0.1) is 0 Å². The van der Waals surface area contributed by atoms with E-state index in [1.54, 1.807) is 49.9 Å². The number of rotatable bonds is 9. The molecular weight excluding hydrogens is 398 g/mol. The molecule has 7 nitrogen and oxygen atoms in total. The predicted octanol–water partition coefficient (Wildman–Crippen LogP) is 3.32. The number of para-hydroxylation sites is 1. The molecule has 2 aromatic rings. The Hall–Kier alpha value is -2.26. The van der Waals surface area contributed by atoms with E-state index in [1.165, 1.54) is 6.07 Å². The van der Waals surface area contributed by atoms with Gasteiger partial charge in [0.2, 0.25) is 5.91 Å². The summed E-state index contributed by atoms with van der Waals surface area (Å²) in [6.45, 7) is 5.71. The summed E-state index contributed by atoms with van der Waals surface area (Å²) in [4.78, 5) is 43.5. The van der Waals surface area contributed by atoms with Crippen molar-refractivity contribution >= 4 is 41.1 Å². The number of carbonyl (C=O) groups is 2. The van der Waals surface area contributed by atoms with Crippen molar-refractivity contribution in [1.29, 1.82) is 0 Å². The first kappa shape index (κ1) is 22.0. The Bertz CT molecular complexity index is 885. The van der Waals surface area contributed by atoms with E-state index in [-0.39, 0.29) is 18.1 Å². The van der Waals surface area contributed by atoms with Crippen molar-refractivity contribution in [3.63, 3.8) is 0 Å². The maximum Gasteiger partial charge on any atom is 0.340 e. The van der Waals surface area contributed by atoms with Crippen molar-refractivity contribution in [3.05, 3.63) is 51.9 Å². The van der Waals surface area contributed by atoms with E-state index < -0.39 is 11.2 Å². The summed E-state index contributed by atoms with van der Waals surface area (Å²) in [5.41, 5.74) is 1.11. The Morgan fingerprint density at radius 1 is 1.29 bits per heavy atom. The number of ether oxygens (including phenoxy) is 1. The van der Waals surface area contributed by atoms with Gasteiger partial charge in [-0.2, -0.15) is 11.8 Å². The van der Waals surface area contributed by atoms with Gasteiger partial charge in [0.15, 0.2) is 5.16 Å². The van der Waals surface area contributed by atoms with Crippen molar-refractivity contribution in [1.82, 2.24) is 9.97 Å². The Morgan fingerprint density at radius 2 is 2.04 bits per heavy atom. The van der Waals surface area contributed by atoms with Gasteiger partial charge >= 0.3 is 5.97 Å². The molecule has 1 aromatic carbocycles. The third-order valence-corrected chi connectivity index (χ3v) is 5.46. The number of hydrogen-bond acceptors (Lipinski definition) is 7. The second-order valence-corrected chi connectivity index (χ2v) is 8.30. The van der Waals surface area contributed by atoms with Gasteiger partial charge in [0, 0.05) is 11.8 Å². The van der Waals surface area contributed by atoms with Crippen LogP contribution in [0.15, 0.2) is 40.3 Å². The Morgan fingerprint density at radius 3 is 2.75 bits per heavy atom. The fraction of sp³-hybridized carbons (Fsp3) is 0.368. The lowest BCUT2D eigenvalue weighted by Crippen LogP contribution is -2.24. The lowest BCUT2D eigenvalue weighted by Gasteiger charge is -2.14. The SMILES string of the molecule is CCOC(=O)c1ccccc1NC(=O)C(C)Sc1nc(CSCC)cc(=O)[nH]1. The van der Waals surface area contributed by atoms with E-state index in [0.29, 0.717) is 27.9 Å². The van der Waals surface area contributed by atoms with Gasteiger partial charge in [0.1, 0.15) is 0 Å². The smallest absolute Gasteiger partial charge is 0.340 e. The fourth-order valence-electron chi connectivity index (χ4n) is 2.25. The predicted molar refractivity (Wildman–Crippen MR) is 113 cm³/mol. The molecule has 0 aliphatic carbocycles. The number of H-pyrrole nitrogens is 1. The molecule has 9 heteroatoms. The quantitative estimate of drug-likeness (QED) is 0.364. The monoisotopic (exact) mass is 421 g/mol. The van der Waals surface area contributed by atoms with Crippen LogP contribution in [0, 0.1) is 0 Å². The van der Waals surface area contributed by atoms with Crippen LogP contribution in [-0.4, -0.2) is 39.5 Å². The number of esters is 1. The van der Waals surface area contributed by atoms with E-state index >= 15 is 0 Å². The maximum absolute atomic E-state index is 12.6. The van der Waals surface area contributed by atoms with Crippen LogP contribution in [0.25, 0.3) is 0 Å². The molecule has 2 N–H and O–H groups in total. The Kier molecular flexibility index (Phi) is 8.59. The minimum Gasteiger partial charge on any atom is -0.462 e. The largest absolute Gasteiger partial charge is 0.462 e. The van der Waals surface area contributed by atoms with Crippen LogP contribution in [0.3, 0.4) is 0 Å². The molecule has 0 bridgehead atoms. The van der Waals surface area contributed by atoms with Crippen LogP contribution in [0.1, 0.15) is 36.8 Å². The first-order valence-electron chi connectivity index (χ1n) is 8.86. The topological polar surface area (TPSA) is 101 Å². The summed E-state index contributed by atoms with van der Waals surface area (Å²) in [5, 5.41) is 2.60. The Balaban J connectivity index is 2.09. The van der Waals surface area contributed by atoms with Crippen LogP contribution in [0.4, 0.5) is 5.69 Å². The summed E-state index contributed by atoms with van der Waals surface area (Å²) in [6, 6.07) is 8.13. The van der Waals surface area contributed by atoms with Crippen LogP contribution < -0.4 is 10.9 Å². The normalized spacial score (nSPS) is 11.7. The van der Waals surface area contributed by atoms with Crippen LogP contribution in [0.5, 0.6) is 0 Å². The van der Waals surface area contributed by atoms with E-state index in [0.717, 1.165) is 17.5 Å². The molecule has 1 heterocycles. The van der Waals surface area contributed by atoms with Crippen LogP contribution >= 0.6 is 23.5 Å². The standard InChI is InChI=1S/C19H23N3O4S2/c1-4-26-18(25)14-8-6-7-9-15(14)21-17(24)12(3)28-19-20-13(11-27-5-2)10-16(23)22-19/h6-10,12H,4-5,11H2,1-3H3,(H,21,24)(H,20,22,23). The lowest BCUT2D eigenvalue weighted by atomic mass is 10.1. The van der Waals surface area contributed by atoms with Crippen molar-refractivity contribution in [2.45, 2.75) is 36.9 Å². The molecule has 0 saturated carbocycles. The highest BCUT2D eigenvalue weighted by Crippen LogP contribution is 2.22. The number of hydrogen-bond donors (Lipinski definition) is 2. The molecule has 1 atom stereocenters. The number of carbonyl (C=O) groups excluding carboxylic acids is 2. The van der Waals surface area contributed by atoms with Crippen LogP contribution in [0.2, 0.25) is 0 Å². The van der Waals surface area contributed by atoms with Crippen molar-refractivity contribution in [3.8, 4) is 0 Å². The van der Waals surface area contributed by atoms with Gasteiger partial charge in [0.25, 0.3) is 5.56 Å². The third-order valence-electron chi connectivity index (χ3n) is 3.56. The molecule has 0 aliphatic heterocycles. The molecule has 2 rings (SSSR count). The van der Waals surface area contributed by atoms with Crippen LogP contribution in [-0.2, 0) is 15.3 Å². The number of benzene rings is 1. The van der Waals surface area contributed by atoms with Gasteiger partial charge in [0.05, 0.1) is 28.8 Å². The Labute approximate surface area is 172 Å². The summed E-state index contributed by atoms with van der Waals surface area (Å²) in [6.07, 6.45) is 0. The van der Waals surface area contributed by atoms with Gasteiger partial charge in [-0.3, -0.25) is 9.59 Å². The van der Waals surface area contributed by atoms with E-state index in [9.17, 15) is 14.4 Å². The number of nitrogens with one attached hydrogen (secondary N) is 2. The molecule has 0 fully saturated rings. The number of nitrogens with zero attached hydrogens (tertiary/aromatic N) is 1. The summed E-state index contributed by atoms with van der Waals surface area (Å²) < 4.78 is 5.02.